The van der Waals surface area contributed by atoms with Crippen LogP contribution in [0.3, 0.4) is 0 Å². The van der Waals surface area contributed by atoms with Gasteiger partial charge in [-0.3, -0.25) is 14.5 Å². The van der Waals surface area contributed by atoms with Gasteiger partial charge in [0.2, 0.25) is 5.91 Å². The van der Waals surface area contributed by atoms with E-state index < -0.39 is 0 Å². The van der Waals surface area contributed by atoms with E-state index in [1.54, 1.807) is 0 Å². The standard InChI is InChI=1S/C28H26N4O/c1-3-20-10-12-22(13-11-20)27-24-17-29-25-14-9-19(2)15-23(25)28(24)32(31-27)18-26(33)30-16-21-7-5-4-6-8-21/h4-15,17H,3,16,18H2,1-2H3,(H,30,33). The molecule has 5 heteroatoms. The average molecular weight is 435 g/mol. The minimum Gasteiger partial charge on any atom is -0.350 e. The molecule has 0 unspecified atom stereocenters. The normalized spacial score (nSPS) is 11.2. The molecule has 1 amide bonds. The van der Waals surface area contributed by atoms with Crippen LogP contribution < -0.4 is 5.32 Å². The van der Waals surface area contributed by atoms with Gasteiger partial charge in [0.25, 0.3) is 0 Å². The van der Waals surface area contributed by atoms with E-state index in [0.717, 1.165) is 50.6 Å². The summed E-state index contributed by atoms with van der Waals surface area (Å²) in [6, 6.07) is 24.6. The maximum absolute atomic E-state index is 12.9. The Kier molecular flexibility index (Phi) is 5.61. The highest BCUT2D eigenvalue weighted by atomic mass is 16.2. The number of amides is 1. The number of benzene rings is 3. The van der Waals surface area contributed by atoms with Crippen LogP contribution in [0.4, 0.5) is 0 Å². The first-order valence-electron chi connectivity index (χ1n) is 11.3. The number of aryl methyl sites for hydroxylation is 2. The monoisotopic (exact) mass is 434 g/mol. The smallest absolute Gasteiger partial charge is 0.242 e. The number of rotatable bonds is 6. The van der Waals surface area contributed by atoms with E-state index in [4.69, 9.17) is 5.10 Å². The van der Waals surface area contributed by atoms with E-state index in [2.05, 4.69) is 60.5 Å². The molecule has 0 aliphatic heterocycles. The Morgan fingerprint density at radius 1 is 0.939 bits per heavy atom. The average Bonchev–Trinajstić information content (AvgIpc) is 3.22. The van der Waals surface area contributed by atoms with Gasteiger partial charge in [-0.15, -0.1) is 0 Å². The molecule has 3 aromatic carbocycles. The molecule has 33 heavy (non-hydrogen) atoms. The Morgan fingerprint density at radius 3 is 2.48 bits per heavy atom. The van der Waals surface area contributed by atoms with E-state index in [9.17, 15) is 4.79 Å². The molecule has 5 rings (SSSR count). The summed E-state index contributed by atoms with van der Waals surface area (Å²) < 4.78 is 1.82. The lowest BCUT2D eigenvalue weighted by molar-refractivity contribution is -0.121. The van der Waals surface area contributed by atoms with Gasteiger partial charge in [-0.2, -0.15) is 5.10 Å². The van der Waals surface area contributed by atoms with Gasteiger partial charge in [-0.05, 0) is 36.6 Å². The van der Waals surface area contributed by atoms with Crippen molar-refractivity contribution in [2.75, 3.05) is 0 Å². The van der Waals surface area contributed by atoms with Gasteiger partial charge in [0.05, 0.1) is 11.0 Å². The maximum atomic E-state index is 12.9. The zero-order chi connectivity index (χ0) is 22.8. The molecule has 1 N–H and O–H groups in total. The minimum atomic E-state index is -0.0752. The fourth-order valence-electron chi connectivity index (χ4n) is 4.18. The zero-order valence-corrected chi connectivity index (χ0v) is 18.9. The van der Waals surface area contributed by atoms with Crippen LogP contribution in [-0.2, 0) is 24.3 Å². The Morgan fingerprint density at radius 2 is 1.73 bits per heavy atom. The lowest BCUT2D eigenvalue weighted by atomic mass is 10.0. The molecule has 0 saturated carbocycles. The van der Waals surface area contributed by atoms with Crippen LogP contribution in [0.15, 0.2) is 79.0 Å². The highest BCUT2D eigenvalue weighted by Gasteiger charge is 2.18. The fourth-order valence-corrected chi connectivity index (χ4v) is 4.18. The summed E-state index contributed by atoms with van der Waals surface area (Å²) in [5, 5.41) is 9.88. The summed E-state index contributed by atoms with van der Waals surface area (Å²) in [6.07, 6.45) is 2.87. The molecule has 0 spiro atoms. The Labute approximate surface area is 193 Å². The maximum Gasteiger partial charge on any atom is 0.242 e. The van der Waals surface area contributed by atoms with Gasteiger partial charge >= 0.3 is 0 Å². The molecule has 2 heterocycles. The van der Waals surface area contributed by atoms with E-state index in [1.165, 1.54) is 5.56 Å². The molecule has 0 bridgehead atoms. The summed E-state index contributed by atoms with van der Waals surface area (Å²) in [5.41, 5.74) is 7.20. The van der Waals surface area contributed by atoms with Crippen LogP contribution in [-0.4, -0.2) is 20.7 Å². The van der Waals surface area contributed by atoms with Crippen molar-refractivity contribution in [3.8, 4) is 11.3 Å². The lowest BCUT2D eigenvalue weighted by Crippen LogP contribution is -2.27. The predicted octanol–water partition coefficient (Wildman–Crippen LogP) is 5.44. The Balaban J connectivity index is 1.57. The van der Waals surface area contributed by atoms with Crippen molar-refractivity contribution in [3.63, 3.8) is 0 Å². The zero-order valence-electron chi connectivity index (χ0n) is 18.9. The van der Waals surface area contributed by atoms with Crippen LogP contribution >= 0.6 is 0 Å². The molecular weight excluding hydrogens is 408 g/mol. The Hall–Kier alpha value is -3.99. The number of pyridine rings is 1. The SMILES string of the molecule is CCc1ccc(-c2nn(CC(=O)NCc3ccccc3)c3c2cnc2ccc(C)cc23)cc1. The van der Waals surface area contributed by atoms with Crippen LogP contribution in [0, 0.1) is 6.92 Å². The van der Waals surface area contributed by atoms with Gasteiger partial charge in [-0.1, -0.05) is 73.2 Å². The third kappa shape index (κ3) is 4.22. The highest BCUT2D eigenvalue weighted by molar-refractivity contribution is 6.08. The molecular formula is C28H26N4O. The first-order valence-corrected chi connectivity index (χ1v) is 11.3. The van der Waals surface area contributed by atoms with Crippen molar-refractivity contribution >= 4 is 27.7 Å². The first-order chi connectivity index (χ1) is 16.1. The molecule has 5 nitrogen and oxygen atoms in total. The van der Waals surface area contributed by atoms with Gasteiger partial charge in [-0.25, -0.2) is 0 Å². The molecule has 0 aliphatic rings. The van der Waals surface area contributed by atoms with Crippen LogP contribution in [0.25, 0.3) is 33.1 Å². The lowest BCUT2D eigenvalue weighted by Gasteiger charge is -2.08. The summed E-state index contributed by atoms with van der Waals surface area (Å²) in [6.45, 7) is 4.84. The largest absolute Gasteiger partial charge is 0.350 e. The van der Waals surface area contributed by atoms with Crippen molar-refractivity contribution in [1.82, 2.24) is 20.1 Å². The van der Waals surface area contributed by atoms with Crippen molar-refractivity contribution in [2.45, 2.75) is 33.4 Å². The summed E-state index contributed by atoms with van der Waals surface area (Å²) in [5.74, 6) is -0.0752. The van der Waals surface area contributed by atoms with Crippen LogP contribution in [0.2, 0.25) is 0 Å². The quantitative estimate of drug-likeness (QED) is 0.387. The number of fused-ring (bicyclic) bond motifs is 3. The molecule has 0 atom stereocenters. The third-order valence-corrected chi connectivity index (χ3v) is 5.99. The summed E-state index contributed by atoms with van der Waals surface area (Å²) in [4.78, 5) is 17.6. The molecule has 0 saturated heterocycles. The van der Waals surface area contributed by atoms with Gasteiger partial charge in [0.1, 0.15) is 12.2 Å². The number of carbonyl (C=O) groups is 1. The number of nitrogens with one attached hydrogen (secondary N) is 1. The van der Waals surface area contributed by atoms with E-state index in [1.807, 2.05) is 47.3 Å². The molecule has 2 aromatic heterocycles. The number of hydrogen-bond donors (Lipinski definition) is 1. The predicted molar refractivity (Wildman–Crippen MR) is 133 cm³/mol. The number of aromatic nitrogens is 3. The second-order valence-corrected chi connectivity index (χ2v) is 8.36. The van der Waals surface area contributed by atoms with E-state index >= 15 is 0 Å². The number of hydrogen-bond acceptors (Lipinski definition) is 3. The fraction of sp³-hybridized carbons (Fsp3) is 0.179. The van der Waals surface area contributed by atoms with Gasteiger partial charge in [0, 0.05) is 29.1 Å². The van der Waals surface area contributed by atoms with Crippen molar-refractivity contribution in [2.24, 2.45) is 0 Å². The molecule has 0 fully saturated rings. The molecule has 0 aliphatic carbocycles. The molecule has 0 radical (unpaired) electrons. The highest BCUT2D eigenvalue weighted by Crippen LogP contribution is 2.32. The minimum absolute atomic E-state index is 0.0752. The molecule has 5 aromatic rings. The van der Waals surface area contributed by atoms with Crippen molar-refractivity contribution in [1.29, 1.82) is 0 Å². The summed E-state index contributed by atoms with van der Waals surface area (Å²) in [7, 11) is 0. The number of carbonyl (C=O) groups excluding carboxylic acids is 1. The Bertz CT molecular complexity index is 1440. The van der Waals surface area contributed by atoms with Gasteiger partial charge < -0.3 is 5.32 Å². The van der Waals surface area contributed by atoms with Crippen LogP contribution in [0.1, 0.15) is 23.6 Å². The second-order valence-electron chi connectivity index (χ2n) is 8.36. The third-order valence-electron chi connectivity index (χ3n) is 5.99. The van der Waals surface area contributed by atoms with Crippen LogP contribution in [0.5, 0.6) is 0 Å². The topological polar surface area (TPSA) is 59.8 Å². The second kappa shape index (κ2) is 8.87. The summed E-state index contributed by atoms with van der Waals surface area (Å²) >= 11 is 0. The van der Waals surface area contributed by atoms with Crippen molar-refractivity contribution in [3.05, 3.63) is 95.7 Å². The van der Waals surface area contributed by atoms with Crippen molar-refractivity contribution < 1.29 is 4.79 Å². The first kappa shape index (κ1) is 20.9. The van der Waals surface area contributed by atoms with E-state index in [0.29, 0.717) is 6.54 Å². The molecule has 164 valence electrons. The van der Waals surface area contributed by atoms with Gasteiger partial charge in [0.15, 0.2) is 0 Å². The van der Waals surface area contributed by atoms with E-state index in [-0.39, 0.29) is 12.5 Å². The number of nitrogens with zero attached hydrogens (tertiary/aromatic N) is 3.